The number of thiophene rings is 1. The zero-order valence-electron chi connectivity index (χ0n) is 20.3. The second kappa shape index (κ2) is 9.18. The molecule has 9 heteroatoms. The Morgan fingerprint density at radius 3 is 2.54 bits per heavy atom. The van der Waals surface area contributed by atoms with E-state index in [1.54, 1.807) is 24.4 Å². The van der Waals surface area contributed by atoms with Crippen molar-refractivity contribution >= 4 is 40.0 Å². The molecule has 1 N–H and O–H groups in total. The number of piperidine rings is 1. The third kappa shape index (κ3) is 4.16. The number of fused-ring (bicyclic) bond motifs is 2. The first-order valence-electron chi connectivity index (χ1n) is 11.7. The minimum Gasteiger partial charge on any atom is -0.462 e. The Kier molecular flexibility index (Phi) is 6.57. The van der Waals surface area contributed by atoms with Crippen LogP contribution in [0.2, 0.25) is 0 Å². The van der Waals surface area contributed by atoms with Gasteiger partial charge in [0.05, 0.1) is 12.0 Å². The van der Waals surface area contributed by atoms with Crippen molar-refractivity contribution in [2.24, 2.45) is 16.7 Å². The molecular formula is C26H29FN2O5S. The minimum atomic E-state index is -0.628. The first-order valence-corrected chi connectivity index (χ1v) is 12.6. The van der Waals surface area contributed by atoms with Gasteiger partial charge in [-0.1, -0.05) is 32.9 Å². The van der Waals surface area contributed by atoms with Crippen LogP contribution in [0.25, 0.3) is 11.1 Å². The van der Waals surface area contributed by atoms with Crippen molar-refractivity contribution in [2.45, 2.75) is 47.0 Å². The molecule has 0 radical (unpaired) electrons. The second-order valence-electron chi connectivity index (χ2n) is 9.82. The van der Waals surface area contributed by atoms with E-state index in [1.807, 2.05) is 20.8 Å². The Bertz CT molecular complexity index is 1190. The number of likely N-dealkylation sites (tertiary alicyclic amines) is 1. The summed E-state index contributed by atoms with van der Waals surface area (Å²) < 4.78 is 18.6. The zero-order valence-corrected chi connectivity index (χ0v) is 21.1. The molecule has 3 amide bonds. The number of benzene rings is 1. The highest BCUT2D eigenvalue weighted by Gasteiger charge is 2.64. The second-order valence-corrected chi connectivity index (χ2v) is 10.7. The Morgan fingerprint density at radius 1 is 1.20 bits per heavy atom. The molecule has 186 valence electrons. The largest absolute Gasteiger partial charge is 0.462 e. The van der Waals surface area contributed by atoms with Gasteiger partial charge in [0.1, 0.15) is 16.4 Å². The van der Waals surface area contributed by atoms with E-state index in [-0.39, 0.29) is 42.9 Å². The van der Waals surface area contributed by atoms with Crippen molar-refractivity contribution < 1.29 is 28.3 Å². The average Bonchev–Trinajstić information content (AvgIpc) is 3.29. The molecule has 1 saturated heterocycles. The number of nitrogens with one attached hydrogen (secondary N) is 1. The fraction of sp³-hybridized carbons (Fsp3) is 0.462. The molecule has 2 aliphatic rings. The molecule has 1 aliphatic carbocycles. The van der Waals surface area contributed by atoms with E-state index in [2.05, 4.69) is 5.32 Å². The number of carbonyl (C=O) groups excluding carboxylic acids is 4. The lowest BCUT2D eigenvalue weighted by Crippen LogP contribution is -2.59. The molecule has 1 saturated carbocycles. The summed E-state index contributed by atoms with van der Waals surface area (Å²) in [5.74, 6) is -2.11. The summed E-state index contributed by atoms with van der Waals surface area (Å²) in [5.41, 5.74) is 0.284. The summed E-state index contributed by atoms with van der Waals surface area (Å²) in [6, 6.07) is 5.69. The normalized spacial score (nSPS) is 22.9. The van der Waals surface area contributed by atoms with E-state index in [1.165, 1.54) is 17.0 Å². The summed E-state index contributed by atoms with van der Waals surface area (Å²) in [5, 5.41) is 4.74. The molecule has 2 fully saturated rings. The molecule has 1 aromatic heterocycles. The van der Waals surface area contributed by atoms with Gasteiger partial charge >= 0.3 is 5.97 Å². The van der Waals surface area contributed by atoms with E-state index in [9.17, 15) is 23.6 Å². The quantitative estimate of drug-likeness (QED) is 0.433. The van der Waals surface area contributed by atoms with Crippen LogP contribution >= 0.6 is 11.3 Å². The first kappa shape index (κ1) is 25.0. The van der Waals surface area contributed by atoms with Crippen molar-refractivity contribution in [1.82, 2.24) is 4.90 Å². The van der Waals surface area contributed by atoms with Gasteiger partial charge in [-0.2, -0.15) is 0 Å². The number of hydrogen-bond donors (Lipinski definition) is 1. The van der Waals surface area contributed by atoms with E-state index >= 15 is 0 Å². The predicted octanol–water partition coefficient (Wildman–Crippen LogP) is 4.87. The maximum Gasteiger partial charge on any atom is 0.341 e. The van der Waals surface area contributed by atoms with Gasteiger partial charge in [0.15, 0.2) is 0 Å². The Balaban J connectivity index is 1.51. The van der Waals surface area contributed by atoms with Gasteiger partial charge < -0.3 is 10.1 Å². The monoisotopic (exact) mass is 500 g/mol. The van der Waals surface area contributed by atoms with Gasteiger partial charge in [0.25, 0.3) is 0 Å². The molecule has 2 unspecified atom stereocenters. The Labute approximate surface area is 207 Å². The highest BCUT2D eigenvalue weighted by Crippen LogP contribution is 2.60. The third-order valence-electron chi connectivity index (χ3n) is 7.75. The first-order chi connectivity index (χ1) is 16.5. The van der Waals surface area contributed by atoms with Crippen LogP contribution in [0.15, 0.2) is 29.6 Å². The zero-order chi connectivity index (χ0) is 25.5. The fourth-order valence-corrected chi connectivity index (χ4v) is 6.19. The van der Waals surface area contributed by atoms with Crippen LogP contribution in [0.5, 0.6) is 0 Å². The summed E-state index contributed by atoms with van der Waals surface area (Å²) in [4.78, 5) is 52.9. The lowest BCUT2D eigenvalue weighted by Gasteiger charge is -2.47. The highest BCUT2D eigenvalue weighted by molar-refractivity contribution is 7.15. The average molecular weight is 501 g/mol. The van der Waals surface area contributed by atoms with Crippen molar-refractivity contribution in [3.8, 4) is 11.1 Å². The molecule has 7 nitrogen and oxygen atoms in total. The van der Waals surface area contributed by atoms with E-state index in [0.717, 1.165) is 11.3 Å². The molecule has 2 heterocycles. The SMILES string of the molecule is CCOC(=O)c1c(-c2ccc(F)cc2)csc1NC(=O)CCN1C(=O)C2CCC(C)(C1=O)C2(C)C. The lowest BCUT2D eigenvalue weighted by atomic mass is 9.62. The molecular weight excluding hydrogens is 471 g/mol. The van der Waals surface area contributed by atoms with Crippen molar-refractivity contribution in [2.75, 3.05) is 18.5 Å². The van der Waals surface area contributed by atoms with Crippen LogP contribution in [-0.2, 0) is 19.1 Å². The molecule has 2 bridgehead atoms. The number of esters is 1. The van der Waals surface area contributed by atoms with Crippen molar-refractivity contribution in [3.63, 3.8) is 0 Å². The van der Waals surface area contributed by atoms with E-state index < -0.39 is 28.5 Å². The van der Waals surface area contributed by atoms with Gasteiger partial charge in [-0.3, -0.25) is 19.3 Å². The molecule has 1 aliphatic heterocycles. The Hall–Kier alpha value is -3.07. The number of amides is 3. The fourth-order valence-electron chi connectivity index (χ4n) is 5.21. The number of anilines is 1. The number of rotatable bonds is 7. The van der Waals surface area contributed by atoms with E-state index in [4.69, 9.17) is 4.74 Å². The number of carbonyl (C=O) groups is 4. The summed E-state index contributed by atoms with van der Waals surface area (Å²) in [6.07, 6.45) is 1.23. The van der Waals surface area contributed by atoms with Gasteiger partial charge in [-0.25, -0.2) is 9.18 Å². The topological polar surface area (TPSA) is 92.8 Å². The number of ether oxygens (including phenoxy) is 1. The van der Waals surface area contributed by atoms with Gasteiger partial charge in [-0.15, -0.1) is 11.3 Å². The molecule has 1 aromatic carbocycles. The van der Waals surface area contributed by atoms with Crippen LogP contribution < -0.4 is 5.32 Å². The summed E-state index contributed by atoms with van der Waals surface area (Å²) >= 11 is 1.16. The van der Waals surface area contributed by atoms with Gasteiger partial charge in [0.2, 0.25) is 17.7 Å². The number of imide groups is 1. The van der Waals surface area contributed by atoms with Crippen LogP contribution in [0.1, 0.15) is 57.3 Å². The van der Waals surface area contributed by atoms with Crippen LogP contribution in [0, 0.1) is 22.6 Å². The van der Waals surface area contributed by atoms with Crippen molar-refractivity contribution in [3.05, 3.63) is 41.0 Å². The maximum atomic E-state index is 13.4. The van der Waals surface area contributed by atoms with Gasteiger partial charge in [0, 0.05) is 29.8 Å². The molecule has 0 spiro atoms. The molecule has 2 aromatic rings. The molecule has 35 heavy (non-hydrogen) atoms. The minimum absolute atomic E-state index is 0.0173. The van der Waals surface area contributed by atoms with Gasteiger partial charge in [-0.05, 0) is 42.9 Å². The Morgan fingerprint density at radius 2 is 1.89 bits per heavy atom. The molecule has 2 atom stereocenters. The third-order valence-corrected chi connectivity index (χ3v) is 8.64. The smallest absolute Gasteiger partial charge is 0.341 e. The maximum absolute atomic E-state index is 13.4. The van der Waals surface area contributed by atoms with Crippen molar-refractivity contribution in [1.29, 1.82) is 0 Å². The summed E-state index contributed by atoms with van der Waals surface area (Å²) in [7, 11) is 0. The summed E-state index contributed by atoms with van der Waals surface area (Å²) in [6.45, 7) is 7.66. The van der Waals surface area contributed by atoms with Crippen LogP contribution in [-0.4, -0.2) is 41.7 Å². The lowest BCUT2D eigenvalue weighted by molar-refractivity contribution is -0.167. The standard InChI is InChI=1S/C26H29FN2O5S/c1-5-34-23(32)20-17(15-6-8-16(27)9-7-15)14-35-21(20)28-19(30)11-13-29-22(31)18-10-12-26(4,24(29)33)25(18,2)3/h6-9,14,18H,5,10-13H2,1-4H3,(H,28,30). The number of nitrogens with zero attached hydrogens (tertiary/aromatic N) is 1. The predicted molar refractivity (Wildman–Crippen MR) is 130 cm³/mol. The van der Waals surface area contributed by atoms with Crippen LogP contribution in [0.4, 0.5) is 9.39 Å². The number of halogens is 1. The highest BCUT2D eigenvalue weighted by atomic mass is 32.1. The van der Waals surface area contributed by atoms with Crippen LogP contribution in [0.3, 0.4) is 0 Å². The number of hydrogen-bond acceptors (Lipinski definition) is 6. The van der Waals surface area contributed by atoms with E-state index in [0.29, 0.717) is 29.0 Å². The molecule has 4 rings (SSSR count).